The van der Waals surface area contributed by atoms with Gasteiger partial charge in [-0.05, 0) is 28.9 Å². The van der Waals surface area contributed by atoms with E-state index in [1.807, 2.05) is 6.07 Å². The molecule has 1 heteroatoms. The van der Waals surface area contributed by atoms with Crippen LogP contribution in [0.4, 0.5) is 0 Å². The van der Waals surface area contributed by atoms with Gasteiger partial charge in [0.1, 0.15) is 0 Å². The van der Waals surface area contributed by atoms with E-state index in [0.29, 0.717) is 5.92 Å². The number of aliphatic hydroxyl groups is 1. The summed E-state index contributed by atoms with van der Waals surface area (Å²) in [6.45, 7) is 10.9. The van der Waals surface area contributed by atoms with E-state index in [4.69, 9.17) is 0 Å². The molecule has 1 rings (SSSR count). The van der Waals surface area contributed by atoms with Gasteiger partial charge in [0.15, 0.2) is 0 Å². The molecule has 0 amide bonds. The van der Waals surface area contributed by atoms with E-state index < -0.39 is 0 Å². The van der Waals surface area contributed by atoms with Crippen LogP contribution in [0.1, 0.15) is 64.7 Å². The molecule has 0 radical (unpaired) electrons. The van der Waals surface area contributed by atoms with Gasteiger partial charge < -0.3 is 5.11 Å². The maximum absolute atomic E-state index is 10.5. The molecular formula is C16H26O. The summed E-state index contributed by atoms with van der Waals surface area (Å²) >= 11 is 0. The van der Waals surface area contributed by atoms with E-state index in [-0.39, 0.29) is 11.5 Å². The van der Waals surface area contributed by atoms with E-state index in [2.05, 4.69) is 52.8 Å². The number of benzene rings is 1. The summed E-state index contributed by atoms with van der Waals surface area (Å²) in [6, 6.07) is 8.28. The molecule has 0 aliphatic carbocycles. The predicted octanol–water partition coefficient (Wildman–Crippen LogP) is 4.45. The fraction of sp³-hybridized carbons (Fsp3) is 0.625. The minimum absolute atomic E-state index is 0.0868. The first-order chi connectivity index (χ1) is 7.88. The quantitative estimate of drug-likeness (QED) is 0.816. The SMILES string of the molecule is CCCC(C)C(O)c1ccccc1C(C)(C)C. The van der Waals surface area contributed by atoms with Gasteiger partial charge in [-0.2, -0.15) is 0 Å². The lowest BCUT2D eigenvalue weighted by atomic mass is 9.80. The van der Waals surface area contributed by atoms with Crippen LogP contribution in [-0.4, -0.2) is 5.11 Å². The molecule has 0 aliphatic rings. The third kappa shape index (κ3) is 3.57. The van der Waals surface area contributed by atoms with Gasteiger partial charge >= 0.3 is 0 Å². The minimum Gasteiger partial charge on any atom is -0.388 e. The predicted molar refractivity (Wildman–Crippen MR) is 74.2 cm³/mol. The average molecular weight is 234 g/mol. The van der Waals surface area contributed by atoms with Gasteiger partial charge in [-0.1, -0.05) is 65.3 Å². The molecule has 17 heavy (non-hydrogen) atoms. The molecule has 1 aromatic rings. The minimum atomic E-state index is -0.342. The van der Waals surface area contributed by atoms with Crippen molar-refractivity contribution in [1.82, 2.24) is 0 Å². The summed E-state index contributed by atoms with van der Waals surface area (Å²) in [4.78, 5) is 0. The topological polar surface area (TPSA) is 20.2 Å². The lowest BCUT2D eigenvalue weighted by molar-refractivity contribution is 0.110. The Balaban J connectivity index is 3.05. The molecule has 1 N–H and O–H groups in total. The first kappa shape index (κ1) is 14.2. The summed E-state index contributed by atoms with van der Waals surface area (Å²) < 4.78 is 0. The second-order valence-corrected chi connectivity index (χ2v) is 6.05. The Labute approximate surface area is 106 Å². The maximum atomic E-state index is 10.5. The van der Waals surface area contributed by atoms with E-state index >= 15 is 0 Å². The first-order valence-corrected chi connectivity index (χ1v) is 6.65. The molecule has 0 aromatic heterocycles. The molecular weight excluding hydrogens is 208 g/mol. The van der Waals surface area contributed by atoms with Crippen LogP contribution >= 0.6 is 0 Å². The molecule has 0 spiro atoms. The van der Waals surface area contributed by atoms with Crippen LogP contribution in [0.3, 0.4) is 0 Å². The van der Waals surface area contributed by atoms with Crippen LogP contribution in [0, 0.1) is 5.92 Å². The first-order valence-electron chi connectivity index (χ1n) is 6.65. The highest BCUT2D eigenvalue weighted by atomic mass is 16.3. The Morgan fingerprint density at radius 3 is 2.29 bits per heavy atom. The molecule has 0 saturated heterocycles. The molecule has 2 atom stereocenters. The molecule has 0 bridgehead atoms. The van der Waals surface area contributed by atoms with Crippen molar-refractivity contribution in [2.24, 2.45) is 5.92 Å². The number of hydrogen-bond donors (Lipinski definition) is 1. The van der Waals surface area contributed by atoms with Crippen LogP contribution in [0.25, 0.3) is 0 Å². The van der Waals surface area contributed by atoms with Crippen LogP contribution in [-0.2, 0) is 5.41 Å². The molecule has 0 fully saturated rings. The normalized spacial score (nSPS) is 15.6. The summed E-state index contributed by atoms with van der Waals surface area (Å²) in [6.07, 6.45) is 1.85. The Bertz CT molecular complexity index is 349. The lowest BCUT2D eigenvalue weighted by Gasteiger charge is -2.27. The summed E-state index contributed by atoms with van der Waals surface area (Å²) in [5.74, 6) is 0.323. The largest absolute Gasteiger partial charge is 0.388 e. The van der Waals surface area contributed by atoms with Crippen molar-refractivity contribution >= 4 is 0 Å². The Morgan fingerprint density at radius 2 is 1.76 bits per heavy atom. The van der Waals surface area contributed by atoms with Crippen molar-refractivity contribution < 1.29 is 5.11 Å². The second-order valence-electron chi connectivity index (χ2n) is 6.05. The molecule has 1 aromatic carbocycles. The van der Waals surface area contributed by atoms with Crippen LogP contribution in [0.15, 0.2) is 24.3 Å². The van der Waals surface area contributed by atoms with Crippen LogP contribution < -0.4 is 0 Å². The zero-order valence-electron chi connectivity index (χ0n) is 11.8. The zero-order valence-corrected chi connectivity index (χ0v) is 11.8. The van der Waals surface area contributed by atoms with Crippen molar-refractivity contribution in [2.75, 3.05) is 0 Å². The highest BCUT2D eigenvalue weighted by Gasteiger charge is 2.24. The Kier molecular flexibility index (Phi) is 4.76. The third-order valence-electron chi connectivity index (χ3n) is 3.37. The molecule has 96 valence electrons. The van der Waals surface area contributed by atoms with Crippen molar-refractivity contribution in [1.29, 1.82) is 0 Å². The zero-order chi connectivity index (χ0) is 13.1. The van der Waals surface area contributed by atoms with Gasteiger partial charge in [0.05, 0.1) is 6.10 Å². The summed E-state index contributed by atoms with van der Waals surface area (Å²) in [5, 5.41) is 10.5. The number of rotatable bonds is 4. The van der Waals surface area contributed by atoms with Crippen LogP contribution in [0.2, 0.25) is 0 Å². The van der Waals surface area contributed by atoms with E-state index in [1.165, 1.54) is 5.56 Å². The van der Waals surface area contributed by atoms with Crippen molar-refractivity contribution in [3.63, 3.8) is 0 Å². The number of aliphatic hydroxyl groups excluding tert-OH is 1. The van der Waals surface area contributed by atoms with Gasteiger partial charge in [0, 0.05) is 0 Å². The van der Waals surface area contributed by atoms with Gasteiger partial charge in [-0.15, -0.1) is 0 Å². The summed E-state index contributed by atoms with van der Waals surface area (Å²) in [7, 11) is 0. The standard InChI is InChI=1S/C16H26O/c1-6-9-12(2)15(17)13-10-7-8-11-14(13)16(3,4)5/h7-8,10-12,15,17H,6,9H2,1-5H3. The van der Waals surface area contributed by atoms with Crippen molar-refractivity contribution in [3.05, 3.63) is 35.4 Å². The van der Waals surface area contributed by atoms with Gasteiger partial charge in [-0.3, -0.25) is 0 Å². The molecule has 0 saturated carbocycles. The Morgan fingerprint density at radius 1 is 1.18 bits per heavy atom. The van der Waals surface area contributed by atoms with E-state index in [1.54, 1.807) is 0 Å². The fourth-order valence-electron chi connectivity index (χ4n) is 2.36. The van der Waals surface area contributed by atoms with Crippen molar-refractivity contribution in [2.45, 2.75) is 59.0 Å². The smallest absolute Gasteiger partial charge is 0.0818 e. The highest BCUT2D eigenvalue weighted by molar-refractivity contribution is 5.34. The summed E-state index contributed by atoms with van der Waals surface area (Å²) in [5.41, 5.74) is 2.44. The van der Waals surface area contributed by atoms with E-state index in [9.17, 15) is 5.11 Å². The molecule has 2 unspecified atom stereocenters. The maximum Gasteiger partial charge on any atom is 0.0818 e. The molecule has 1 nitrogen and oxygen atoms in total. The van der Waals surface area contributed by atoms with Gasteiger partial charge in [0.25, 0.3) is 0 Å². The second kappa shape index (κ2) is 5.68. The van der Waals surface area contributed by atoms with E-state index in [0.717, 1.165) is 18.4 Å². The lowest BCUT2D eigenvalue weighted by Crippen LogP contribution is -2.18. The molecule has 0 aliphatic heterocycles. The van der Waals surface area contributed by atoms with Crippen molar-refractivity contribution in [3.8, 4) is 0 Å². The third-order valence-corrected chi connectivity index (χ3v) is 3.37. The number of hydrogen-bond acceptors (Lipinski definition) is 1. The molecule has 0 heterocycles. The highest BCUT2D eigenvalue weighted by Crippen LogP contribution is 2.33. The van der Waals surface area contributed by atoms with Crippen LogP contribution in [0.5, 0.6) is 0 Å². The average Bonchev–Trinajstić information content (AvgIpc) is 2.27. The fourth-order valence-corrected chi connectivity index (χ4v) is 2.36. The monoisotopic (exact) mass is 234 g/mol. The van der Waals surface area contributed by atoms with Gasteiger partial charge in [0.2, 0.25) is 0 Å². The Hall–Kier alpha value is -0.820. The van der Waals surface area contributed by atoms with Gasteiger partial charge in [-0.25, -0.2) is 0 Å².